The third-order valence-electron chi connectivity index (χ3n) is 3.28. The van der Waals surface area contributed by atoms with Crippen molar-refractivity contribution in [2.45, 2.75) is 44.8 Å². The normalized spacial score (nSPS) is 18.0. The number of alkyl halides is 5. The van der Waals surface area contributed by atoms with E-state index >= 15 is 0 Å². The summed E-state index contributed by atoms with van der Waals surface area (Å²) in [5.74, 6) is -8.08. The first-order valence-electron chi connectivity index (χ1n) is 6.51. The van der Waals surface area contributed by atoms with Gasteiger partial charge in [0.2, 0.25) is 5.91 Å². The molecule has 0 aromatic carbocycles. The van der Waals surface area contributed by atoms with Crippen molar-refractivity contribution >= 4 is 11.8 Å². The van der Waals surface area contributed by atoms with Gasteiger partial charge in [0.05, 0.1) is 0 Å². The number of nitrogens with zero attached hydrogens (tertiary/aromatic N) is 1. The van der Waals surface area contributed by atoms with Crippen LogP contribution in [0.1, 0.15) is 26.7 Å². The van der Waals surface area contributed by atoms with E-state index in [2.05, 4.69) is 5.32 Å². The van der Waals surface area contributed by atoms with Crippen molar-refractivity contribution in [3.63, 3.8) is 0 Å². The van der Waals surface area contributed by atoms with Gasteiger partial charge in [-0.2, -0.15) is 22.0 Å². The van der Waals surface area contributed by atoms with Gasteiger partial charge in [0.15, 0.2) is 0 Å². The first kappa shape index (κ1) is 17.6. The predicted octanol–water partition coefficient (Wildman–Crippen LogP) is 1.95. The highest BCUT2D eigenvalue weighted by atomic mass is 19.4. The number of carbonyl (C=O) groups is 2. The van der Waals surface area contributed by atoms with Gasteiger partial charge in [0.1, 0.15) is 0 Å². The van der Waals surface area contributed by atoms with Crippen LogP contribution in [-0.2, 0) is 9.59 Å². The highest BCUT2D eigenvalue weighted by Gasteiger charge is 2.64. The van der Waals surface area contributed by atoms with E-state index in [0.29, 0.717) is 4.90 Å². The van der Waals surface area contributed by atoms with Gasteiger partial charge in [-0.3, -0.25) is 9.59 Å². The molecule has 0 atom stereocenters. The number of rotatable bonds is 3. The summed E-state index contributed by atoms with van der Waals surface area (Å²) in [6.45, 7) is 2.87. The third-order valence-corrected chi connectivity index (χ3v) is 3.28. The third kappa shape index (κ3) is 4.04. The minimum atomic E-state index is -5.90. The number of carbonyl (C=O) groups excluding carboxylic acids is 2. The van der Waals surface area contributed by atoms with Crippen LogP contribution in [0.5, 0.6) is 0 Å². The maximum Gasteiger partial charge on any atom is 0.463 e. The maximum absolute atomic E-state index is 12.9. The van der Waals surface area contributed by atoms with Crippen molar-refractivity contribution in [2.24, 2.45) is 5.92 Å². The Morgan fingerprint density at radius 1 is 1.10 bits per heavy atom. The van der Waals surface area contributed by atoms with Gasteiger partial charge in [0.25, 0.3) is 0 Å². The van der Waals surface area contributed by atoms with Crippen LogP contribution in [0.4, 0.5) is 22.0 Å². The summed E-state index contributed by atoms with van der Waals surface area (Å²) < 4.78 is 62.2. The number of hydrogen-bond acceptors (Lipinski definition) is 2. The summed E-state index contributed by atoms with van der Waals surface area (Å²) in [6.07, 6.45) is -5.59. The van der Waals surface area contributed by atoms with Gasteiger partial charge < -0.3 is 10.2 Å². The molecule has 4 nitrogen and oxygen atoms in total. The minimum absolute atomic E-state index is 0.151. The average Bonchev–Trinajstić information content (AvgIpc) is 2.37. The monoisotopic (exact) mass is 316 g/mol. The molecule has 0 spiro atoms. The van der Waals surface area contributed by atoms with E-state index in [1.165, 1.54) is 0 Å². The lowest BCUT2D eigenvalue weighted by Crippen LogP contribution is -2.55. The molecule has 0 aliphatic carbocycles. The zero-order valence-electron chi connectivity index (χ0n) is 11.6. The van der Waals surface area contributed by atoms with Crippen molar-refractivity contribution in [3.05, 3.63) is 0 Å². The van der Waals surface area contributed by atoms with Gasteiger partial charge >= 0.3 is 18.0 Å². The molecule has 0 saturated carbocycles. The van der Waals surface area contributed by atoms with Crippen LogP contribution in [0.15, 0.2) is 0 Å². The SMILES string of the molecule is CC(C)C(=O)NC1CCN(C(=O)C(F)(F)C(F)(F)F)CC1. The van der Waals surface area contributed by atoms with Crippen molar-refractivity contribution in [1.82, 2.24) is 10.2 Å². The highest BCUT2D eigenvalue weighted by molar-refractivity contribution is 5.84. The van der Waals surface area contributed by atoms with E-state index in [-0.39, 0.29) is 43.8 Å². The van der Waals surface area contributed by atoms with Crippen LogP contribution in [0, 0.1) is 5.92 Å². The van der Waals surface area contributed by atoms with E-state index < -0.39 is 18.0 Å². The van der Waals surface area contributed by atoms with E-state index in [9.17, 15) is 31.5 Å². The van der Waals surface area contributed by atoms with Crippen LogP contribution in [0.3, 0.4) is 0 Å². The number of halogens is 5. The standard InChI is InChI=1S/C12H17F5N2O2/c1-7(2)9(20)18-8-3-5-19(6-4-8)10(21)11(13,14)12(15,16)17/h7-8H,3-6H2,1-2H3,(H,18,20). The van der Waals surface area contributed by atoms with Gasteiger partial charge in [-0.1, -0.05) is 13.8 Å². The Morgan fingerprint density at radius 3 is 1.95 bits per heavy atom. The predicted molar refractivity (Wildman–Crippen MR) is 63.6 cm³/mol. The molecule has 2 amide bonds. The zero-order valence-corrected chi connectivity index (χ0v) is 11.6. The fraction of sp³-hybridized carbons (Fsp3) is 0.833. The molecule has 0 unspecified atom stereocenters. The van der Waals surface area contributed by atoms with Crippen molar-refractivity contribution in [1.29, 1.82) is 0 Å². The summed E-state index contributed by atoms with van der Waals surface area (Å²) in [6, 6.07) is -0.316. The first-order valence-corrected chi connectivity index (χ1v) is 6.51. The summed E-state index contributed by atoms with van der Waals surface area (Å²) in [7, 11) is 0. The number of nitrogens with one attached hydrogen (secondary N) is 1. The van der Waals surface area contributed by atoms with Crippen molar-refractivity contribution in [3.8, 4) is 0 Å². The molecule has 1 rings (SSSR count). The Hall–Kier alpha value is -1.41. The molecule has 1 N–H and O–H groups in total. The smallest absolute Gasteiger partial charge is 0.353 e. The lowest BCUT2D eigenvalue weighted by Gasteiger charge is -2.34. The summed E-state index contributed by atoms with van der Waals surface area (Å²) in [5.41, 5.74) is 0. The second-order valence-electron chi connectivity index (χ2n) is 5.30. The quantitative estimate of drug-likeness (QED) is 0.809. The molecule has 1 aliphatic heterocycles. The molecule has 1 heterocycles. The van der Waals surface area contributed by atoms with Gasteiger partial charge in [-0.05, 0) is 12.8 Å². The number of likely N-dealkylation sites (tertiary alicyclic amines) is 1. The molecule has 0 aromatic heterocycles. The maximum atomic E-state index is 12.9. The van der Waals surface area contributed by atoms with Crippen LogP contribution < -0.4 is 5.32 Å². The molecule has 1 aliphatic rings. The molecule has 21 heavy (non-hydrogen) atoms. The molecule has 122 valence electrons. The van der Waals surface area contributed by atoms with Crippen LogP contribution in [-0.4, -0.2) is 47.9 Å². The van der Waals surface area contributed by atoms with Crippen LogP contribution in [0.2, 0.25) is 0 Å². The number of piperidine rings is 1. The topological polar surface area (TPSA) is 49.4 Å². The van der Waals surface area contributed by atoms with Gasteiger partial charge in [-0.25, -0.2) is 0 Å². The largest absolute Gasteiger partial charge is 0.463 e. The van der Waals surface area contributed by atoms with Crippen molar-refractivity contribution in [2.75, 3.05) is 13.1 Å². The number of hydrogen-bond donors (Lipinski definition) is 1. The van der Waals surface area contributed by atoms with Gasteiger partial charge in [0, 0.05) is 25.0 Å². The average molecular weight is 316 g/mol. The summed E-state index contributed by atoms with van der Waals surface area (Å²) in [5, 5.41) is 2.66. The summed E-state index contributed by atoms with van der Waals surface area (Å²) in [4.78, 5) is 23.2. The molecular weight excluding hydrogens is 299 g/mol. The Kier molecular flexibility index (Phi) is 5.16. The fourth-order valence-corrected chi connectivity index (χ4v) is 1.91. The highest BCUT2D eigenvalue weighted by Crippen LogP contribution is 2.37. The Bertz CT molecular complexity index is 401. The molecule has 1 saturated heterocycles. The fourth-order valence-electron chi connectivity index (χ4n) is 1.91. The van der Waals surface area contributed by atoms with E-state index in [1.54, 1.807) is 13.8 Å². The lowest BCUT2D eigenvalue weighted by molar-refractivity contribution is -0.274. The molecule has 0 bridgehead atoms. The molecule has 9 heteroatoms. The second kappa shape index (κ2) is 6.15. The molecular formula is C12H17F5N2O2. The number of amides is 2. The van der Waals surface area contributed by atoms with Crippen molar-refractivity contribution < 1.29 is 31.5 Å². The van der Waals surface area contributed by atoms with Crippen LogP contribution >= 0.6 is 0 Å². The molecule has 0 aromatic rings. The van der Waals surface area contributed by atoms with Gasteiger partial charge in [-0.15, -0.1) is 0 Å². The van der Waals surface area contributed by atoms with E-state index in [0.717, 1.165) is 0 Å². The van der Waals surface area contributed by atoms with Crippen LogP contribution in [0.25, 0.3) is 0 Å². The van der Waals surface area contributed by atoms with E-state index in [1.807, 2.05) is 0 Å². The van der Waals surface area contributed by atoms with E-state index in [4.69, 9.17) is 0 Å². The zero-order chi connectivity index (χ0) is 16.4. The summed E-state index contributed by atoms with van der Waals surface area (Å²) >= 11 is 0. The first-order chi connectivity index (χ1) is 9.46. The molecule has 1 fully saturated rings. The minimum Gasteiger partial charge on any atom is -0.353 e. The Balaban J connectivity index is 2.57. The Labute approximate surface area is 118 Å². The molecule has 0 radical (unpaired) electrons. The Morgan fingerprint density at radius 2 is 1.57 bits per heavy atom. The second-order valence-corrected chi connectivity index (χ2v) is 5.30. The lowest BCUT2D eigenvalue weighted by atomic mass is 10.0.